The van der Waals surface area contributed by atoms with Gasteiger partial charge in [0, 0.05) is 44.6 Å². The first-order chi connectivity index (χ1) is 12.3. The number of imidazole rings is 1. The SMILES string of the molecule is COCCN1CCC(N(C)c2cc3[nH]c(SC(C)(C)C)nc3cc2Cl)C1. The maximum absolute atomic E-state index is 6.60. The van der Waals surface area contributed by atoms with Crippen molar-refractivity contribution in [3.8, 4) is 0 Å². The molecule has 3 rings (SSSR count). The molecule has 0 bridgehead atoms. The van der Waals surface area contributed by atoms with Crippen LogP contribution in [-0.4, -0.2) is 66.1 Å². The molecule has 1 atom stereocenters. The normalized spacial score (nSPS) is 18.8. The van der Waals surface area contributed by atoms with Gasteiger partial charge in [-0.2, -0.15) is 0 Å². The van der Waals surface area contributed by atoms with Gasteiger partial charge in [-0.25, -0.2) is 4.98 Å². The lowest BCUT2D eigenvalue weighted by molar-refractivity contribution is 0.160. The summed E-state index contributed by atoms with van der Waals surface area (Å²) >= 11 is 8.34. The number of ether oxygens (including phenoxy) is 1. The highest BCUT2D eigenvalue weighted by molar-refractivity contribution is 8.00. The molecule has 0 saturated carbocycles. The third kappa shape index (κ3) is 4.66. The van der Waals surface area contributed by atoms with Gasteiger partial charge in [0.2, 0.25) is 0 Å². The number of aromatic amines is 1. The van der Waals surface area contributed by atoms with Crippen molar-refractivity contribution in [1.29, 1.82) is 0 Å². The standard InChI is InChI=1S/C19H29ClN4OS/c1-19(2,3)26-18-21-15-10-14(20)17(11-16(15)22-18)23(4)13-6-7-24(12-13)8-9-25-5/h10-11,13H,6-9,12H2,1-5H3,(H,21,22). The number of likely N-dealkylation sites (N-methyl/N-ethyl adjacent to an activating group) is 1. The summed E-state index contributed by atoms with van der Waals surface area (Å²) in [6.45, 7) is 10.5. The molecule has 1 N–H and O–H groups in total. The fourth-order valence-electron chi connectivity index (χ4n) is 3.35. The van der Waals surface area contributed by atoms with Gasteiger partial charge in [-0.15, -0.1) is 0 Å². The van der Waals surface area contributed by atoms with E-state index in [1.807, 2.05) is 6.07 Å². The largest absolute Gasteiger partial charge is 0.383 e. The van der Waals surface area contributed by atoms with E-state index in [9.17, 15) is 0 Å². The lowest BCUT2D eigenvalue weighted by Gasteiger charge is -2.28. The van der Waals surface area contributed by atoms with Crippen molar-refractivity contribution < 1.29 is 4.74 Å². The van der Waals surface area contributed by atoms with Crippen molar-refractivity contribution >= 4 is 40.1 Å². The van der Waals surface area contributed by atoms with Gasteiger partial charge in [-0.3, -0.25) is 4.90 Å². The second-order valence-corrected chi connectivity index (χ2v) is 10.1. The Balaban J connectivity index is 1.78. The Morgan fingerprint density at radius 3 is 2.88 bits per heavy atom. The minimum Gasteiger partial charge on any atom is -0.383 e. The van der Waals surface area contributed by atoms with Crippen LogP contribution >= 0.6 is 23.4 Å². The van der Waals surface area contributed by atoms with Crippen LogP contribution in [0, 0.1) is 0 Å². The van der Waals surface area contributed by atoms with Crippen molar-refractivity contribution in [2.75, 3.05) is 45.3 Å². The van der Waals surface area contributed by atoms with Crippen LogP contribution in [0.25, 0.3) is 11.0 Å². The van der Waals surface area contributed by atoms with Gasteiger partial charge in [0.25, 0.3) is 0 Å². The van der Waals surface area contributed by atoms with E-state index < -0.39 is 0 Å². The van der Waals surface area contributed by atoms with E-state index in [-0.39, 0.29) is 4.75 Å². The summed E-state index contributed by atoms with van der Waals surface area (Å²) in [5.74, 6) is 0. The number of nitrogens with one attached hydrogen (secondary N) is 1. The van der Waals surface area contributed by atoms with Gasteiger partial charge in [0.05, 0.1) is 28.4 Å². The summed E-state index contributed by atoms with van der Waals surface area (Å²) < 4.78 is 5.32. The second kappa shape index (κ2) is 7.97. The van der Waals surface area contributed by atoms with E-state index in [2.05, 4.69) is 53.7 Å². The molecular weight excluding hydrogens is 368 g/mol. The zero-order valence-corrected chi connectivity index (χ0v) is 17.9. The molecule has 0 radical (unpaired) electrons. The van der Waals surface area contributed by atoms with Gasteiger partial charge in [-0.1, -0.05) is 44.1 Å². The van der Waals surface area contributed by atoms with Crippen LogP contribution in [0.4, 0.5) is 5.69 Å². The zero-order valence-electron chi connectivity index (χ0n) is 16.3. The highest BCUT2D eigenvalue weighted by Crippen LogP contribution is 2.35. The number of rotatable bonds is 6. The molecule has 0 amide bonds. The molecule has 1 aromatic heterocycles. The van der Waals surface area contributed by atoms with Gasteiger partial charge < -0.3 is 14.6 Å². The minimum atomic E-state index is 0.118. The van der Waals surface area contributed by atoms with Crippen molar-refractivity contribution in [3.63, 3.8) is 0 Å². The third-order valence-electron chi connectivity index (χ3n) is 4.72. The van der Waals surface area contributed by atoms with Crippen molar-refractivity contribution in [2.24, 2.45) is 0 Å². The summed E-state index contributed by atoms with van der Waals surface area (Å²) in [6.07, 6.45) is 1.14. The predicted molar refractivity (Wildman–Crippen MR) is 112 cm³/mol. The Kier molecular flexibility index (Phi) is 6.07. The molecule has 1 aromatic carbocycles. The average Bonchev–Trinajstić information content (AvgIpc) is 3.15. The first kappa shape index (κ1) is 19.8. The highest BCUT2D eigenvalue weighted by Gasteiger charge is 2.27. The van der Waals surface area contributed by atoms with Crippen molar-refractivity contribution in [2.45, 2.75) is 43.1 Å². The number of fused-ring (bicyclic) bond motifs is 1. The monoisotopic (exact) mass is 396 g/mol. The van der Waals surface area contributed by atoms with E-state index in [0.29, 0.717) is 6.04 Å². The summed E-state index contributed by atoms with van der Waals surface area (Å²) in [5.41, 5.74) is 3.03. The van der Waals surface area contributed by atoms with Crippen molar-refractivity contribution in [1.82, 2.24) is 14.9 Å². The molecule has 1 fully saturated rings. The molecule has 1 unspecified atom stereocenters. The van der Waals surface area contributed by atoms with E-state index in [4.69, 9.17) is 16.3 Å². The first-order valence-electron chi connectivity index (χ1n) is 9.09. The molecule has 5 nitrogen and oxygen atoms in total. The molecule has 2 heterocycles. The first-order valence-corrected chi connectivity index (χ1v) is 10.3. The Morgan fingerprint density at radius 2 is 2.19 bits per heavy atom. The Morgan fingerprint density at radius 1 is 1.42 bits per heavy atom. The number of halogens is 1. The molecule has 1 aliphatic heterocycles. The van der Waals surface area contributed by atoms with Crippen LogP contribution in [0.3, 0.4) is 0 Å². The maximum atomic E-state index is 6.60. The van der Waals surface area contributed by atoms with E-state index >= 15 is 0 Å². The fourth-order valence-corrected chi connectivity index (χ4v) is 4.53. The fraction of sp³-hybridized carbons (Fsp3) is 0.632. The number of benzene rings is 1. The highest BCUT2D eigenvalue weighted by atomic mass is 35.5. The number of nitrogens with zero attached hydrogens (tertiary/aromatic N) is 3. The summed E-state index contributed by atoms with van der Waals surface area (Å²) in [7, 11) is 3.89. The lowest BCUT2D eigenvalue weighted by Crippen LogP contribution is -2.35. The maximum Gasteiger partial charge on any atom is 0.166 e. The number of hydrogen-bond acceptors (Lipinski definition) is 5. The molecule has 1 aliphatic rings. The summed E-state index contributed by atoms with van der Waals surface area (Å²) in [6, 6.07) is 4.58. The number of likely N-dealkylation sites (tertiary alicyclic amines) is 1. The number of thioether (sulfide) groups is 1. The quantitative estimate of drug-likeness (QED) is 0.739. The third-order valence-corrected chi connectivity index (χ3v) is 6.02. The molecule has 0 aliphatic carbocycles. The van der Waals surface area contributed by atoms with E-state index in [0.717, 1.165) is 59.6 Å². The molecule has 2 aromatic rings. The minimum absolute atomic E-state index is 0.118. The summed E-state index contributed by atoms with van der Waals surface area (Å²) in [4.78, 5) is 12.9. The van der Waals surface area contributed by atoms with Crippen LogP contribution in [0.1, 0.15) is 27.2 Å². The number of H-pyrrole nitrogens is 1. The van der Waals surface area contributed by atoms with Crippen molar-refractivity contribution in [3.05, 3.63) is 17.2 Å². The Labute approximate surface area is 165 Å². The number of anilines is 1. The molecule has 144 valence electrons. The number of methoxy groups -OCH3 is 1. The number of hydrogen-bond donors (Lipinski definition) is 1. The van der Waals surface area contributed by atoms with Gasteiger partial charge in [-0.05, 0) is 18.6 Å². The Bertz CT molecular complexity index is 758. The number of aromatic nitrogens is 2. The van der Waals surface area contributed by atoms with Gasteiger partial charge in [0.1, 0.15) is 0 Å². The second-order valence-electron chi connectivity index (χ2n) is 7.92. The Hall–Kier alpha value is -0.950. The topological polar surface area (TPSA) is 44.4 Å². The molecule has 1 saturated heterocycles. The predicted octanol–water partition coefficient (Wildman–Crippen LogP) is 4.26. The summed E-state index contributed by atoms with van der Waals surface area (Å²) in [5, 5.41) is 1.70. The van der Waals surface area contributed by atoms with E-state index in [1.54, 1.807) is 18.9 Å². The van der Waals surface area contributed by atoms with Crippen LogP contribution in [0.5, 0.6) is 0 Å². The lowest BCUT2D eigenvalue weighted by atomic mass is 10.2. The molecular formula is C19H29ClN4OS. The van der Waals surface area contributed by atoms with Gasteiger partial charge in [0.15, 0.2) is 5.16 Å². The van der Waals surface area contributed by atoms with Crippen LogP contribution < -0.4 is 4.90 Å². The molecule has 26 heavy (non-hydrogen) atoms. The van der Waals surface area contributed by atoms with Crippen LogP contribution in [-0.2, 0) is 4.74 Å². The molecule has 7 heteroatoms. The van der Waals surface area contributed by atoms with Crippen LogP contribution in [0.15, 0.2) is 17.3 Å². The average molecular weight is 397 g/mol. The zero-order chi connectivity index (χ0) is 18.9. The van der Waals surface area contributed by atoms with Crippen LogP contribution in [0.2, 0.25) is 5.02 Å². The smallest absolute Gasteiger partial charge is 0.166 e. The van der Waals surface area contributed by atoms with Gasteiger partial charge >= 0.3 is 0 Å². The molecule has 0 spiro atoms. The van der Waals surface area contributed by atoms with E-state index in [1.165, 1.54) is 0 Å².